The standard InChI is InChI=1S/C12H14ClIN4/c1-4-18-6-15-5-8(18)12-16-10(7(2)3)9(14)11(13)17-12/h5-7H,4H2,1-3H3. The Bertz CT molecular complexity index is 565. The van der Waals surface area contributed by atoms with Crippen LogP contribution in [-0.4, -0.2) is 19.5 Å². The molecule has 2 rings (SSSR count). The van der Waals surface area contributed by atoms with E-state index in [1.807, 2.05) is 4.57 Å². The third-order valence-electron chi connectivity index (χ3n) is 2.67. The molecule has 96 valence electrons. The number of imidazole rings is 1. The zero-order chi connectivity index (χ0) is 13.3. The number of rotatable bonds is 3. The predicted octanol–water partition coefficient (Wildman–Crippen LogP) is 3.74. The third kappa shape index (κ3) is 2.51. The SMILES string of the molecule is CCn1cncc1-c1nc(Cl)c(I)c(C(C)C)n1. The Hall–Kier alpha value is -0.690. The predicted molar refractivity (Wildman–Crippen MR) is 80.7 cm³/mol. The molecule has 0 spiro atoms. The van der Waals surface area contributed by atoms with Gasteiger partial charge in [-0.3, -0.25) is 0 Å². The Morgan fingerprint density at radius 1 is 1.39 bits per heavy atom. The monoisotopic (exact) mass is 376 g/mol. The normalized spacial score (nSPS) is 11.2. The molecule has 0 aliphatic heterocycles. The van der Waals surface area contributed by atoms with E-state index in [1.165, 1.54) is 0 Å². The second-order valence-corrected chi connectivity index (χ2v) is 5.69. The fourth-order valence-electron chi connectivity index (χ4n) is 1.69. The summed E-state index contributed by atoms with van der Waals surface area (Å²) in [5, 5.41) is 0.508. The molecule has 0 aliphatic carbocycles. The van der Waals surface area contributed by atoms with E-state index < -0.39 is 0 Å². The Labute approximate surface area is 125 Å². The lowest BCUT2D eigenvalue weighted by Crippen LogP contribution is -2.05. The van der Waals surface area contributed by atoms with Crippen LogP contribution >= 0.6 is 34.2 Å². The van der Waals surface area contributed by atoms with Crippen molar-refractivity contribution < 1.29 is 0 Å². The van der Waals surface area contributed by atoms with Crippen molar-refractivity contribution in [1.82, 2.24) is 19.5 Å². The van der Waals surface area contributed by atoms with Crippen molar-refractivity contribution in [2.24, 2.45) is 0 Å². The van der Waals surface area contributed by atoms with Gasteiger partial charge in [-0.05, 0) is 35.4 Å². The summed E-state index contributed by atoms with van der Waals surface area (Å²) in [5.74, 6) is 0.956. The van der Waals surface area contributed by atoms with E-state index in [0.717, 1.165) is 21.5 Å². The highest BCUT2D eigenvalue weighted by atomic mass is 127. The van der Waals surface area contributed by atoms with Gasteiger partial charge in [0.05, 0.1) is 21.8 Å². The minimum absolute atomic E-state index is 0.314. The number of halogens is 2. The van der Waals surface area contributed by atoms with Crippen molar-refractivity contribution in [3.63, 3.8) is 0 Å². The maximum atomic E-state index is 6.19. The van der Waals surface area contributed by atoms with Crippen molar-refractivity contribution in [2.45, 2.75) is 33.2 Å². The second-order valence-electron chi connectivity index (χ2n) is 4.26. The molecule has 0 radical (unpaired) electrons. The van der Waals surface area contributed by atoms with Gasteiger partial charge in [0.25, 0.3) is 0 Å². The number of hydrogen-bond acceptors (Lipinski definition) is 3. The fraction of sp³-hybridized carbons (Fsp3) is 0.417. The van der Waals surface area contributed by atoms with Gasteiger partial charge in [0, 0.05) is 6.54 Å². The third-order valence-corrected chi connectivity index (χ3v) is 4.32. The Kier molecular flexibility index (Phi) is 4.21. The van der Waals surface area contributed by atoms with Crippen LogP contribution in [0.5, 0.6) is 0 Å². The van der Waals surface area contributed by atoms with Gasteiger partial charge < -0.3 is 4.57 Å². The first-order chi connectivity index (χ1) is 8.54. The fourth-order valence-corrected chi connectivity index (χ4v) is 2.73. The first-order valence-electron chi connectivity index (χ1n) is 5.78. The van der Waals surface area contributed by atoms with Gasteiger partial charge in [-0.15, -0.1) is 0 Å². The van der Waals surface area contributed by atoms with Crippen molar-refractivity contribution in [3.8, 4) is 11.5 Å². The lowest BCUT2D eigenvalue weighted by molar-refractivity contribution is 0.756. The molecule has 18 heavy (non-hydrogen) atoms. The quantitative estimate of drug-likeness (QED) is 0.605. The molecular formula is C12H14ClIN4. The smallest absolute Gasteiger partial charge is 0.179 e. The average molecular weight is 377 g/mol. The van der Waals surface area contributed by atoms with Gasteiger partial charge in [0.2, 0.25) is 0 Å². The van der Waals surface area contributed by atoms with Crippen molar-refractivity contribution in [1.29, 1.82) is 0 Å². The van der Waals surface area contributed by atoms with Crippen LogP contribution in [0.25, 0.3) is 11.5 Å². The van der Waals surface area contributed by atoms with E-state index in [2.05, 4.69) is 58.3 Å². The van der Waals surface area contributed by atoms with Crippen LogP contribution in [0.1, 0.15) is 32.4 Å². The summed E-state index contributed by atoms with van der Waals surface area (Å²) in [6.07, 6.45) is 3.55. The Morgan fingerprint density at radius 2 is 2.11 bits per heavy atom. The highest BCUT2D eigenvalue weighted by Gasteiger charge is 2.16. The van der Waals surface area contributed by atoms with Gasteiger partial charge in [0.15, 0.2) is 5.82 Å². The van der Waals surface area contributed by atoms with Gasteiger partial charge in [-0.25, -0.2) is 15.0 Å². The molecule has 0 fully saturated rings. The van der Waals surface area contributed by atoms with E-state index in [9.17, 15) is 0 Å². The summed E-state index contributed by atoms with van der Waals surface area (Å²) in [7, 11) is 0. The molecular weight excluding hydrogens is 363 g/mol. The second kappa shape index (κ2) is 5.52. The minimum atomic E-state index is 0.314. The summed E-state index contributed by atoms with van der Waals surface area (Å²) in [4.78, 5) is 13.1. The minimum Gasteiger partial charge on any atom is -0.328 e. The molecule has 0 amide bonds. The van der Waals surface area contributed by atoms with E-state index in [-0.39, 0.29) is 0 Å². The zero-order valence-electron chi connectivity index (χ0n) is 10.5. The van der Waals surface area contributed by atoms with Gasteiger partial charge >= 0.3 is 0 Å². The molecule has 4 nitrogen and oxygen atoms in total. The van der Waals surface area contributed by atoms with Crippen LogP contribution in [0.2, 0.25) is 5.15 Å². The van der Waals surface area contributed by atoms with Crippen LogP contribution < -0.4 is 0 Å². The molecule has 0 aliphatic rings. The van der Waals surface area contributed by atoms with E-state index in [0.29, 0.717) is 16.9 Å². The summed E-state index contributed by atoms with van der Waals surface area (Å²) in [5.41, 5.74) is 1.88. The molecule has 0 atom stereocenters. The topological polar surface area (TPSA) is 43.6 Å². The van der Waals surface area contributed by atoms with E-state index >= 15 is 0 Å². The van der Waals surface area contributed by atoms with E-state index in [4.69, 9.17) is 11.6 Å². The molecule has 0 aromatic carbocycles. The highest BCUT2D eigenvalue weighted by Crippen LogP contribution is 2.27. The van der Waals surface area contributed by atoms with Gasteiger partial charge in [-0.2, -0.15) is 0 Å². The Morgan fingerprint density at radius 3 is 2.72 bits per heavy atom. The van der Waals surface area contributed by atoms with Crippen LogP contribution in [0.15, 0.2) is 12.5 Å². The molecule has 0 unspecified atom stereocenters. The van der Waals surface area contributed by atoms with Crippen LogP contribution in [0.3, 0.4) is 0 Å². The summed E-state index contributed by atoms with van der Waals surface area (Å²) in [6, 6.07) is 0. The molecule has 0 N–H and O–H groups in total. The first kappa shape index (κ1) is 13.7. The lowest BCUT2D eigenvalue weighted by atomic mass is 10.1. The maximum Gasteiger partial charge on any atom is 0.179 e. The van der Waals surface area contributed by atoms with Crippen molar-refractivity contribution >= 4 is 34.2 Å². The van der Waals surface area contributed by atoms with Crippen molar-refractivity contribution in [3.05, 3.63) is 26.9 Å². The lowest BCUT2D eigenvalue weighted by Gasteiger charge is -2.11. The van der Waals surface area contributed by atoms with Crippen LogP contribution in [-0.2, 0) is 6.54 Å². The molecule has 2 heterocycles. The van der Waals surface area contributed by atoms with Gasteiger partial charge in [0.1, 0.15) is 10.8 Å². The number of aryl methyl sites for hydroxylation is 1. The number of aromatic nitrogens is 4. The van der Waals surface area contributed by atoms with Crippen LogP contribution in [0.4, 0.5) is 0 Å². The maximum absolute atomic E-state index is 6.19. The van der Waals surface area contributed by atoms with Gasteiger partial charge in [-0.1, -0.05) is 25.4 Å². The molecule has 2 aromatic heterocycles. The molecule has 2 aromatic rings. The van der Waals surface area contributed by atoms with Crippen LogP contribution in [0, 0.1) is 3.57 Å². The molecule has 6 heteroatoms. The number of nitrogens with zero attached hydrogens (tertiary/aromatic N) is 4. The number of hydrogen-bond donors (Lipinski definition) is 0. The van der Waals surface area contributed by atoms with Crippen molar-refractivity contribution in [2.75, 3.05) is 0 Å². The largest absolute Gasteiger partial charge is 0.328 e. The molecule has 0 saturated heterocycles. The molecule has 0 bridgehead atoms. The van der Waals surface area contributed by atoms with E-state index in [1.54, 1.807) is 12.5 Å². The average Bonchev–Trinajstić information content (AvgIpc) is 2.80. The summed E-state index contributed by atoms with van der Waals surface area (Å²) >= 11 is 8.38. The zero-order valence-corrected chi connectivity index (χ0v) is 13.4. The Balaban J connectivity index is 2.59. The highest BCUT2D eigenvalue weighted by molar-refractivity contribution is 14.1. The summed E-state index contributed by atoms with van der Waals surface area (Å²) < 4.78 is 2.93. The molecule has 0 saturated carbocycles. The summed E-state index contributed by atoms with van der Waals surface area (Å²) in [6.45, 7) is 7.09. The first-order valence-corrected chi connectivity index (χ1v) is 7.23.